The van der Waals surface area contributed by atoms with Gasteiger partial charge in [0.25, 0.3) is 0 Å². The van der Waals surface area contributed by atoms with Gasteiger partial charge in [-0.2, -0.15) is 11.8 Å². The van der Waals surface area contributed by atoms with Gasteiger partial charge in [-0.25, -0.2) is 0 Å². The molecule has 1 spiro atoms. The lowest BCUT2D eigenvalue weighted by molar-refractivity contribution is -0.123. The van der Waals surface area contributed by atoms with Gasteiger partial charge in [-0.1, -0.05) is 0 Å². The lowest BCUT2D eigenvalue weighted by Gasteiger charge is -2.41. The first-order valence-electron chi connectivity index (χ1n) is 7.01. The summed E-state index contributed by atoms with van der Waals surface area (Å²) in [7, 11) is 0. The molecule has 2 saturated heterocycles. The number of Topliss-reactive ketones (excluding diaryl/α,β-unsaturated/α-hetero) is 1. The molecule has 0 aromatic heterocycles. The zero-order valence-electron chi connectivity index (χ0n) is 10.5. The fourth-order valence-electron chi connectivity index (χ4n) is 3.76. The molecule has 2 aliphatic heterocycles. The second-order valence-electron chi connectivity index (χ2n) is 5.96. The molecule has 3 rings (SSSR count). The van der Waals surface area contributed by atoms with Crippen LogP contribution in [0.15, 0.2) is 0 Å². The number of hydrogen-bond acceptors (Lipinski definition) is 3. The summed E-state index contributed by atoms with van der Waals surface area (Å²) in [5, 5.41) is 0. The molecule has 96 valence electrons. The predicted molar refractivity (Wildman–Crippen MR) is 70.3 cm³/mol. The molecule has 0 N–H and O–H groups in total. The van der Waals surface area contributed by atoms with Crippen molar-refractivity contribution in [3.05, 3.63) is 0 Å². The third kappa shape index (κ3) is 2.55. The van der Waals surface area contributed by atoms with E-state index in [1.165, 1.54) is 30.8 Å². The van der Waals surface area contributed by atoms with Gasteiger partial charge in [-0.05, 0) is 49.7 Å². The molecular weight excluding hydrogens is 232 g/mol. The van der Waals surface area contributed by atoms with E-state index in [2.05, 4.69) is 0 Å². The van der Waals surface area contributed by atoms with Crippen LogP contribution in [0, 0.1) is 11.8 Å². The summed E-state index contributed by atoms with van der Waals surface area (Å²) in [5.41, 5.74) is 0.217. The molecule has 3 aliphatic rings. The number of ether oxygens (including phenoxy) is 1. The number of ketones is 1. The van der Waals surface area contributed by atoms with Gasteiger partial charge in [-0.3, -0.25) is 4.79 Å². The third-order valence-electron chi connectivity index (χ3n) is 4.85. The highest BCUT2D eigenvalue weighted by atomic mass is 32.2. The summed E-state index contributed by atoms with van der Waals surface area (Å²) in [4.78, 5) is 11.3. The Morgan fingerprint density at radius 2 is 2.00 bits per heavy atom. The Bertz CT molecular complexity index is 287. The highest BCUT2D eigenvalue weighted by Gasteiger charge is 2.42. The average molecular weight is 254 g/mol. The molecule has 2 unspecified atom stereocenters. The Morgan fingerprint density at radius 1 is 1.18 bits per heavy atom. The maximum Gasteiger partial charge on any atom is 0.132 e. The first kappa shape index (κ1) is 12.0. The first-order chi connectivity index (χ1) is 8.27. The minimum absolute atomic E-state index is 0.217. The lowest BCUT2D eigenvalue weighted by Crippen LogP contribution is -2.42. The standard InChI is InChI=1S/C14H22O2S/c15-13-3-1-11(2-4-13)12-5-7-16-14(9-12)6-8-17-10-14/h11-12H,1-10H2. The van der Waals surface area contributed by atoms with Gasteiger partial charge < -0.3 is 4.74 Å². The summed E-state index contributed by atoms with van der Waals surface area (Å²) in [6.45, 7) is 0.954. The Kier molecular flexibility index (Phi) is 3.49. The third-order valence-corrected chi connectivity index (χ3v) is 6.08. The van der Waals surface area contributed by atoms with Crippen LogP contribution in [0.1, 0.15) is 44.9 Å². The van der Waals surface area contributed by atoms with Crippen LogP contribution in [-0.2, 0) is 9.53 Å². The average Bonchev–Trinajstić information content (AvgIpc) is 2.78. The number of hydrogen-bond donors (Lipinski definition) is 0. The van der Waals surface area contributed by atoms with Crippen molar-refractivity contribution >= 4 is 17.5 Å². The molecule has 0 aromatic carbocycles. The second-order valence-corrected chi connectivity index (χ2v) is 7.07. The number of carbonyl (C=O) groups is 1. The minimum Gasteiger partial charge on any atom is -0.374 e. The number of thioether (sulfide) groups is 1. The van der Waals surface area contributed by atoms with Crippen molar-refractivity contribution in [1.29, 1.82) is 0 Å². The van der Waals surface area contributed by atoms with Crippen molar-refractivity contribution in [3.63, 3.8) is 0 Å². The largest absolute Gasteiger partial charge is 0.374 e. The second kappa shape index (κ2) is 4.93. The Balaban J connectivity index is 1.61. The van der Waals surface area contributed by atoms with E-state index in [-0.39, 0.29) is 5.60 Å². The van der Waals surface area contributed by atoms with E-state index in [0.717, 1.165) is 44.1 Å². The molecular formula is C14H22O2S. The molecule has 0 amide bonds. The molecule has 2 atom stereocenters. The maximum absolute atomic E-state index is 11.3. The van der Waals surface area contributed by atoms with Gasteiger partial charge in [0.1, 0.15) is 5.78 Å². The monoisotopic (exact) mass is 254 g/mol. The Morgan fingerprint density at radius 3 is 2.71 bits per heavy atom. The highest BCUT2D eigenvalue weighted by Crippen LogP contribution is 2.44. The Labute approximate surface area is 108 Å². The smallest absolute Gasteiger partial charge is 0.132 e. The minimum atomic E-state index is 0.217. The van der Waals surface area contributed by atoms with E-state index < -0.39 is 0 Å². The molecule has 3 fully saturated rings. The molecule has 17 heavy (non-hydrogen) atoms. The molecule has 2 heterocycles. The van der Waals surface area contributed by atoms with Crippen molar-refractivity contribution in [2.24, 2.45) is 11.8 Å². The van der Waals surface area contributed by atoms with Crippen LogP contribution in [0.2, 0.25) is 0 Å². The van der Waals surface area contributed by atoms with Crippen LogP contribution in [-0.4, -0.2) is 29.5 Å². The SMILES string of the molecule is O=C1CCC(C2CCOC3(CCSC3)C2)CC1. The first-order valence-corrected chi connectivity index (χ1v) is 8.16. The van der Waals surface area contributed by atoms with Crippen LogP contribution in [0.5, 0.6) is 0 Å². The van der Waals surface area contributed by atoms with Crippen molar-refractivity contribution in [2.45, 2.75) is 50.5 Å². The van der Waals surface area contributed by atoms with Crippen LogP contribution in [0.3, 0.4) is 0 Å². The van der Waals surface area contributed by atoms with E-state index >= 15 is 0 Å². The molecule has 3 heteroatoms. The maximum atomic E-state index is 11.3. The van der Waals surface area contributed by atoms with Gasteiger partial charge in [0.2, 0.25) is 0 Å². The number of rotatable bonds is 1. The molecule has 0 radical (unpaired) electrons. The van der Waals surface area contributed by atoms with Crippen molar-refractivity contribution in [3.8, 4) is 0 Å². The summed E-state index contributed by atoms with van der Waals surface area (Å²) < 4.78 is 6.08. The molecule has 2 nitrogen and oxygen atoms in total. The van der Waals surface area contributed by atoms with Crippen LogP contribution >= 0.6 is 11.8 Å². The van der Waals surface area contributed by atoms with Crippen LogP contribution in [0.4, 0.5) is 0 Å². The molecule has 0 bridgehead atoms. The molecule has 1 saturated carbocycles. The van der Waals surface area contributed by atoms with Crippen LogP contribution < -0.4 is 0 Å². The van der Waals surface area contributed by atoms with E-state index in [1.807, 2.05) is 11.8 Å². The Hall–Kier alpha value is -0.0200. The summed E-state index contributed by atoms with van der Waals surface area (Å²) in [6.07, 6.45) is 7.71. The molecule has 0 aromatic rings. The quantitative estimate of drug-likeness (QED) is 0.719. The van der Waals surface area contributed by atoms with E-state index in [4.69, 9.17) is 4.74 Å². The van der Waals surface area contributed by atoms with Crippen LogP contribution in [0.25, 0.3) is 0 Å². The van der Waals surface area contributed by atoms with Crippen molar-refractivity contribution in [2.75, 3.05) is 18.1 Å². The fourth-order valence-corrected chi connectivity index (χ4v) is 5.14. The summed E-state index contributed by atoms with van der Waals surface area (Å²) in [6, 6.07) is 0. The fraction of sp³-hybridized carbons (Fsp3) is 0.929. The number of carbonyl (C=O) groups excluding carboxylic acids is 1. The van der Waals surface area contributed by atoms with Gasteiger partial charge in [0.05, 0.1) is 5.60 Å². The summed E-state index contributed by atoms with van der Waals surface area (Å²) in [5.74, 6) is 4.60. The van der Waals surface area contributed by atoms with Gasteiger partial charge in [0.15, 0.2) is 0 Å². The zero-order chi connectivity index (χ0) is 11.7. The highest BCUT2D eigenvalue weighted by molar-refractivity contribution is 7.99. The topological polar surface area (TPSA) is 26.3 Å². The van der Waals surface area contributed by atoms with E-state index in [9.17, 15) is 4.79 Å². The normalized spacial score (nSPS) is 40.0. The lowest BCUT2D eigenvalue weighted by atomic mass is 9.72. The summed E-state index contributed by atoms with van der Waals surface area (Å²) >= 11 is 2.05. The van der Waals surface area contributed by atoms with E-state index in [1.54, 1.807) is 0 Å². The predicted octanol–water partition coefficient (Wildman–Crippen LogP) is 3.05. The van der Waals surface area contributed by atoms with Gasteiger partial charge in [0, 0.05) is 25.2 Å². The van der Waals surface area contributed by atoms with E-state index in [0.29, 0.717) is 5.78 Å². The van der Waals surface area contributed by atoms with Crippen molar-refractivity contribution in [1.82, 2.24) is 0 Å². The molecule has 1 aliphatic carbocycles. The van der Waals surface area contributed by atoms with Crippen molar-refractivity contribution < 1.29 is 9.53 Å². The zero-order valence-corrected chi connectivity index (χ0v) is 11.3. The van der Waals surface area contributed by atoms with Gasteiger partial charge in [-0.15, -0.1) is 0 Å². The van der Waals surface area contributed by atoms with Gasteiger partial charge >= 0.3 is 0 Å².